The molecular weight excluding hydrogens is 399 g/mol. The van der Waals surface area contributed by atoms with Gasteiger partial charge in [0.2, 0.25) is 5.91 Å². The van der Waals surface area contributed by atoms with E-state index in [-0.39, 0.29) is 23.5 Å². The van der Waals surface area contributed by atoms with Gasteiger partial charge in [0.1, 0.15) is 10.7 Å². The molecule has 7 heteroatoms. The van der Waals surface area contributed by atoms with Gasteiger partial charge in [-0.2, -0.15) is 0 Å². The molecule has 2 aromatic rings. The molecule has 2 fully saturated rings. The molecule has 1 aromatic carbocycles. The quantitative estimate of drug-likeness (QED) is 0.697. The van der Waals surface area contributed by atoms with Crippen molar-refractivity contribution in [2.75, 3.05) is 26.2 Å². The van der Waals surface area contributed by atoms with E-state index in [0.717, 1.165) is 25.9 Å². The van der Waals surface area contributed by atoms with Gasteiger partial charge < -0.3 is 9.80 Å². The molecule has 0 spiro atoms. The summed E-state index contributed by atoms with van der Waals surface area (Å²) in [6, 6.07) is 4.38. The van der Waals surface area contributed by atoms with Crippen molar-refractivity contribution < 1.29 is 14.0 Å². The molecule has 0 radical (unpaired) electrons. The van der Waals surface area contributed by atoms with Gasteiger partial charge in [0.05, 0.1) is 5.02 Å². The van der Waals surface area contributed by atoms with E-state index in [9.17, 15) is 14.0 Å². The van der Waals surface area contributed by atoms with Crippen molar-refractivity contribution in [3.05, 3.63) is 33.9 Å². The summed E-state index contributed by atoms with van der Waals surface area (Å²) in [7, 11) is 0. The van der Waals surface area contributed by atoms with Crippen molar-refractivity contribution in [3.63, 3.8) is 0 Å². The highest BCUT2D eigenvalue weighted by molar-refractivity contribution is 7.21. The molecular formula is C21H24ClFN2O2S. The first-order valence-corrected chi connectivity index (χ1v) is 11.1. The van der Waals surface area contributed by atoms with Crippen molar-refractivity contribution in [1.82, 2.24) is 9.80 Å². The van der Waals surface area contributed by atoms with Gasteiger partial charge in [0.25, 0.3) is 5.91 Å². The molecule has 0 saturated carbocycles. The standard InChI is InChI=1S/C21H24ClFN2O2S/c1-13-4-8-24(9-5-13)20(26)14-6-10-25(11-7-14)21(27)19-18(22)16-3-2-15(23)12-17(16)28-19/h2-3,12-14H,4-11H2,1H3. The van der Waals surface area contributed by atoms with Gasteiger partial charge in [-0.1, -0.05) is 18.5 Å². The van der Waals surface area contributed by atoms with Crippen molar-refractivity contribution in [2.24, 2.45) is 11.8 Å². The van der Waals surface area contributed by atoms with Gasteiger partial charge in [0, 0.05) is 42.2 Å². The summed E-state index contributed by atoms with van der Waals surface area (Å²) in [5, 5.41) is 1.10. The van der Waals surface area contributed by atoms with E-state index in [1.54, 1.807) is 11.0 Å². The Labute approximate surface area is 173 Å². The summed E-state index contributed by atoms with van der Waals surface area (Å²) >= 11 is 7.63. The number of hydrogen-bond acceptors (Lipinski definition) is 3. The number of amides is 2. The zero-order chi connectivity index (χ0) is 19.8. The lowest BCUT2D eigenvalue weighted by Crippen LogP contribution is -2.46. The third kappa shape index (κ3) is 3.77. The van der Waals surface area contributed by atoms with Crippen LogP contribution < -0.4 is 0 Å². The van der Waals surface area contributed by atoms with E-state index < -0.39 is 0 Å². The first-order chi connectivity index (χ1) is 13.4. The smallest absolute Gasteiger partial charge is 0.265 e. The molecule has 3 heterocycles. The number of halogens is 2. The van der Waals surface area contributed by atoms with Gasteiger partial charge >= 0.3 is 0 Å². The maximum Gasteiger partial charge on any atom is 0.265 e. The maximum absolute atomic E-state index is 13.5. The van der Waals surface area contributed by atoms with Crippen molar-refractivity contribution in [2.45, 2.75) is 32.6 Å². The van der Waals surface area contributed by atoms with Gasteiger partial charge in [-0.15, -0.1) is 11.3 Å². The monoisotopic (exact) mass is 422 g/mol. The van der Waals surface area contributed by atoms with Crippen LogP contribution >= 0.6 is 22.9 Å². The Morgan fingerprint density at radius 3 is 2.39 bits per heavy atom. The Morgan fingerprint density at radius 2 is 1.71 bits per heavy atom. The minimum Gasteiger partial charge on any atom is -0.342 e. The fourth-order valence-electron chi connectivity index (χ4n) is 4.14. The van der Waals surface area contributed by atoms with Crippen molar-refractivity contribution >= 4 is 44.8 Å². The summed E-state index contributed by atoms with van der Waals surface area (Å²) in [4.78, 5) is 30.0. The zero-order valence-electron chi connectivity index (χ0n) is 15.9. The van der Waals surface area contributed by atoms with Gasteiger partial charge in [0.15, 0.2) is 0 Å². The highest BCUT2D eigenvalue weighted by Gasteiger charge is 2.32. The Hall–Kier alpha value is -1.66. The van der Waals surface area contributed by atoms with Crippen molar-refractivity contribution in [3.8, 4) is 0 Å². The number of thiophene rings is 1. The lowest BCUT2D eigenvalue weighted by Gasteiger charge is -2.36. The number of benzene rings is 1. The van der Waals surface area contributed by atoms with Gasteiger partial charge in [-0.25, -0.2) is 4.39 Å². The van der Waals surface area contributed by atoms with Crippen LogP contribution in [0.15, 0.2) is 18.2 Å². The summed E-state index contributed by atoms with van der Waals surface area (Å²) in [5.41, 5.74) is 0. The fourth-order valence-corrected chi connectivity index (χ4v) is 5.64. The minimum absolute atomic E-state index is 0.00410. The van der Waals surface area contributed by atoms with Crippen LogP contribution in [0.5, 0.6) is 0 Å². The molecule has 2 aliphatic heterocycles. The molecule has 2 amide bonds. The number of piperidine rings is 2. The second-order valence-electron chi connectivity index (χ2n) is 7.96. The molecule has 0 bridgehead atoms. The van der Waals surface area contributed by atoms with E-state index in [2.05, 4.69) is 6.92 Å². The lowest BCUT2D eigenvalue weighted by molar-refractivity contribution is -0.138. The molecule has 4 nitrogen and oxygen atoms in total. The van der Waals surface area contributed by atoms with Gasteiger partial charge in [-0.3, -0.25) is 9.59 Å². The Kier molecular flexibility index (Phi) is 5.61. The minimum atomic E-state index is -0.337. The van der Waals surface area contributed by atoms with E-state index in [1.165, 1.54) is 23.5 Å². The first-order valence-electron chi connectivity index (χ1n) is 9.89. The SMILES string of the molecule is CC1CCN(C(=O)C2CCN(C(=O)c3sc4cc(F)ccc4c3Cl)CC2)CC1. The maximum atomic E-state index is 13.5. The van der Waals surface area contributed by atoms with Crippen molar-refractivity contribution in [1.29, 1.82) is 0 Å². The summed E-state index contributed by atoms with van der Waals surface area (Å²) in [6.07, 6.45) is 3.53. The largest absolute Gasteiger partial charge is 0.342 e. The second kappa shape index (κ2) is 7.99. The van der Waals surface area contributed by atoms with Crippen LogP contribution in [-0.2, 0) is 4.79 Å². The predicted molar refractivity (Wildman–Crippen MR) is 110 cm³/mol. The Morgan fingerprint density at radius 1 is 1.07 bits per heavy atom. The van der Waals surface area contributed by atoms with Gasteiger partial charge in [-0.05, 0) is 49.8 Å². The van der Waals surface area contributed by atoms with Crippen LogP contribution in [0.2, 0.25) is 5.02 Å². The molecule has 150 valence electrons. The average Bonchev–Trinajstić information content (AvgIpc) is 3.03. The molecule has 2 saturated heterocycles. The zero-order valence-corrected chi connectivity index (χ0v) is 17.5. The normalized spacial score (nSPS) is 19.4. The highest BCUT2D eigenvalue weighted by Crippen LogP contribution is 2.37. The predicted octanol–water partition coefficient (Wildman–Crippen LogP) is 4.80. The van der Waals surface area contributed by atoms with Crippen LogP contribution in [0, 0.1) is 17.7 Å². The number of rotatable bonds is 2. The second-order valence-corrected chi connectivity index (χ2v) is 9.39. The Balaban J connectivity index is 1.40. The van der Waals surface area contributed by atoms with Crippen LogP contribution in [0.1, 0.15) is 42.3 Å². The average molecular weight is 423 g/mol. The summed E-state index contributed by atoms with van der Waals surface area (Å²) < 4.78 is 14.1. The molecule has 0 N–H and O–H groups in total. The molecule has 4 rings (SSSR count). The summed E-state index contributed by atoms with van der Waals surface area (Å²) in [5.74, 6) is 0.488. The lowest BCUT2D eigenvalue weighted by atomic mass is 9.92. The van der Waals surface area contributed by atoms with Crippen LogP contribution in [0.3, 0.4) is 0 Å². The summed E-state index contributed by atoms with van der Waals surface area (Å²) in [6.45, 7) is 5.05. The number of likely N-dealkylation sites (tertiary alicyclic amines) is 2. The molecule has 28 heavy (non-hydrogen) atoms. The van der Waals surface area contributed by atoms with Crippen LogP contribution in [0.4, 0.5) is 4.39 Å². The topological polar surface area (TPSA) is 40.6 Å². The van der Waals surface area contributed by atoms with E-state index in [4.69, 9.17) is 11.6 Å². The molecule has 0 aliphatic carbocycles. The van der Waals surface area contributed by atoms with Crippen LogP contribution in [-0.4, -0.2) is 47.8 Å². The third-order valence-corrected chi connectivity index (χ3v) is 7.66. The van der Waals surface area contributed by atoms with E-state index in [0.29, 0.717) is 51.8 Å². The Bertz CT molecular complexity index is 899. The third-order valence-electron chi connectivity index (χ3n) is 6.01. The highest BCUT2D eigenvalue weighted by atomic mass is 35.5. The van der Waals surface area contributed by atoms with Crippen LogP contribution in [0.25, 0.3) is 10.1 Å². The number of hydrogen-bond donors (Lipinski definition) is 0. The number of carbonyl (C=O) groups excluding carboxylic acids is 2. The molecule has 1 aromatic heterocycles. The number of carbonyl (C=O) groups is 2. The molecule has 0 atom stereocenters. The number of fused-ring (bicyclic) bond motifs is 1. The van der Waals surface area contributed by atoms with E-state index >= 15 is 0 Å². The number of nitrogens with zero attached hydrogens (tertiary/aromatic N) is 2. The van der Waals surface area contributed by atoms with E-state index in [1.807, 2.05) is 4.90 Å². The molecule has 0 unspecified atom stereocenters. The fraction of sp³-hybridized carbons (Fsp3) is 0.524. The molecule has 2 aliphatic rings. The first kappa shape index (κ1) is 19.6.